The fourth-order valence-corrected chi connectivity index (χ4v) is 2.37. The molecule has 1 amide bonds. The number of para-hydroxylation sites is 1. The van der Waals surface area contributed by atoms with Gasteiger partial charge in [-0.2, -0.15) is 0 Å². The summed E-state index contributed by atoms with van der Waals surface area (Å²) in [6.45, 7) is 7.00. The minimum absolute atomic E-state index is 0.0146. The lowest BCUT2D eigenvalue weighted by atomic mass is 10.1. The number of amides is 1. The maximum atomic E-state index is 12.0. The number of nitrogens with zero attached hydrogens (tertiary/aromatic N) is 2. The molecule has 21 heavy (non-hydrogen) atoms. The molecule has 3 N–H and O–H groups in total. The van der Waals surface area contributed by atoms with Gasteiger partial charge in [0.15, 0.2) is 0 Å². The largest absolute Gasteiger partial charge is 0.397 e. The van der Waals surface area contributed by atoms with Crippen LogP contribution in [-0.2, 0) is 4.79 Å². The summed E-state index contributed by atoms with van der Waals surface area (Å²) in [7, 11) is 0. The maximum absolute atomic E-state index is 12.0. The van der Waals surface area contributed by atoms with Crippen LogP contribution in [0.3, 0.4) is 0 Å². The molecule has 5 nitrogen and oxygen atoms in total. The molecule has 0 saturated heterocycles. The van der Waals surface area contributed by atoms with E-state index in [1.165, 1.54) is 0 Å². The Morgan fingerprint density at radius 3 is 2.81 bits per heavy atom. The third kappa shape index (κ3) is 3.42. The van der Waals surface area contributed by atoms with Crippen molar-refractivity contribution in [3.05, 3.63) is 30.5 Å². The molecule has 0 aliphatic heterocycles. The van der Waals surface area contributed by atoms with Crippen LogP contribution in [0.4, 0.5) is 11.4 Å². The van der Waals surface area contributed by atoms with Crippen LogP contribution in [0.15, 0.2) is 30.5 Å². The zero-order valence-corrected chi connectivity index (χ0v) is 12.8. The Bertz CT molecular complexity index is 639. The van der Waals surface area contributed by atoms with Gasteiger partial charge in [-0.1, -0.05) is 12.1 Å². The summed E-state index contributed by atoms with van der Waals surface area (Å²) in [4.78, 5) is 18.4. The van der Waals surface area contributed by atoms with Gasteiger partial charge in [0, 0.05) is 29.9 Å². The molecular formula is C16H22N4O. The number of likely N-dealkylation sites (N-methyl/N-ethyl adjacent to an activating group) is 1. The number of pyridine rings is 1. The van der Waals surface area contributed by atoms with Crippen molar-refractivity contribution in [2.75, 3.05) is 23.7 Å². The van der Waals surface area contributed by atoms with Crippen molar-refractivity contribution in [2.45, 2.75) is 26.8 Å². The number of carbonyl (C=O) groups excluding carboxylic acids is 1. The van der Waals surface area contributed by atoms with Crippen LogP contribution in [0.1, 0.15) is 20.8 Å². The van der Waals surface area contributed by atoms with Crippen molar-refractivity contribution in [1.82, 2.24) is 10.3 Å². The van der Waals surface area contributed by atoms with Crippen molar-refractivity contribution >= 4 is 28.2 Å². The first-order chi connectivity index (χ1) is 10.0. The molecule has 0 radical (unpaired) electrons. The summed E-state index contributed by atoms with van der Waals surface area (Å²) < 4.78 is 0. The summed E-state index contributed by atoms with van der Waals surface area (Å²) in [5, 5.41) is 3.88. The third-order valence-corrected chi connectivity index (χ3v) is 3.29. The molecule has 0 spiro atoms. The molecule has 0 saturated carbocycles. The molecule has 0 fully saturated rings. The van der Waals surface area contributed by atoms with Gasteiger partial charge in [0.2, 0.25) is 5.91 Å². The smallest absolute Gasteiger partial charge is 0.239 e. The molecule has 0 aliphatic rings. The number of hydrogen-bond acceptors (Lipinski definition) is 4. The SMILES string of the molecule is CCN(CC(=O)NC(C)C)c1ccnc2c(N)cccc12. The number of nitrogen functional groups attached to an aromatic ring is 1. The lowest BCUT2D eigenvalue weighted by Crippen LogP contribution is -2.40. The molecule has 0 unspecified atom stereocenters. The van der Waals surface area contributed by atoms with Gasteiger partial charge in [0.05, 0.1) is 17.7 Å². The second-order valence-corrected chi connectivity index (χ2v) is 5.31. The highest BCUT2D eigenvalue weighted by Gasteiger charge is 2.14. The van der Waals surface area contributed by atoms with Crippen molar-refractivity contribution in [2.24, 2.45) is 0 Å². The Balaban J connectivity index is 2.34. The second kappa shape index (κ2) is 6.43. The molecule has 5 heteroatoms. The van der Waals surface area contributed by atoms with Crippen LogP contribution in [0.2, 0.25) is 0 Å². The summed E-state index contributed by atoms with van der Waals surface area (Å²) in [6.07, 6.45) is 1.73. The fourth-order valence-electron chi connectivity index (χ4n) is 2.37. The van der Waals surface area contributed by atoms with Gasteiger partial charge in [0.25, 0.3) is 0 Å². The molecule has 2 aromatic rings. The highest BCUT2D eigenvalue weighted by Crippen LogP contribution is 2.28. The number of aromatic nitrogens is 1. The number of benzene rings is 1. The van der Waals surface area contributed by atoms with E-state index in [9.17, 15) is 4.79 Å². The molecule has 1 aromatic carbocycles. The number of anilines is 2. The average molecular weight is 286 g/mol. The number of carbonyl (C=O) groups is 1. The Kier molecular flexibility index (Phi) is 4.62. The van der Waals surface area contributed by atoms with Crippen molar-refractivity contribution in [3.8, 4) is 0 Å². The first-order valence-electron chi connectivity index (χ1n) is 7.20. The number of fused-ring (bicyclic) bond motifs is 1. The number of rotatable bonds is 5. The Hall–Kier alpha value is -2.30. The molecule has 1 aromatic heterocycles. The number of nitrogens with two attached hydrogens (primary N) is 1. The lowest BCUT2D eigenvalue weighted by Gasteiger charge is -2.24. The molecule has 2 rings (SSSR count). The van der Waals surface area contributed by atoms with Gasteiger partial charge in [-0.3, -0.25) is 9.78 Å². The average Bonchev–Trinajstić information content (AvgIpc) is 2.44. The second-order valence-electron chi connectivity index (χ2n) is 5.31. The summed E-state index contributed by atoms with van der Waals surface area (Å²) in [5.41, 5.74) is 8.38. The maximum Gasteiger partial charge on any atom is 0.239 e. The van der Waals surface area contributed by atoms with E-state index in [0.29, 0.717) is 12.2 Å². The van der Waals surface area contributed by atoms with Gasteiger partial charge in [-0.05, 0) is 32.9 Å². The van der Waals surface area contributed by atoms with Gasteiger partial charge in [-0.15, -0.1) is 0 Å². The van der Waals surface area contributed by atoms with E-state index < -0.39 is 0 Å². The van der Waals surface area contributed by atoms with Gasteiger partial charge in [0.1, 0.15) is 0 Å². The monoisotopic (exact) mass is 286 g/mol. The zero-order chi connectivity index (χ0) is 15.4. The van der Waals surface area contributed by atoms with Gasteiger partial charge < -0.3 is 16.0 Å². The van der Waals surface area contributed by atoms with E-state index in [1.54, 1.807) is 6.20 Å². The van der Waals surface area contributed by atoms with E-state index in [4.69, 9.17) is 5.73 Å². The first-order valence-corrected chi connectivity index (χ1v) is 7.20. The van der Waals surface area contributed by atoms with E-state index >= 15 is 0 Å². The van der Waals surface area contributed by atoms with Gasteiger partial charge in [-0.25, -0.2) is 0 Å². The zero-order valence-electron chi connectivity index (χ0n) is 12.8. The Morgan fingerprint density at radius 2 is 2.14 bits per heavy atom. The highest BCUT2D eigenvalue weighted by atomic mass is 16.2. The van der Waals surface area contributed by atoms with Crippen LogP contribution >= 0.6 is 0 Å². The molecule has 1 heterocycles. The molecule has 0 bridgehead atoms. The summed E-state index contributed by atoms with van der Waals surface area (Å²) in [6, 6.07) is 7.79. The molecule has 0 aliphatic carbocycles. The lowest BCUT2D eigenvalue weighted by molar-refractivity contribution is -0.120. The van der Waals surface area contributed by atoms with Crippen LogP contribution < -0.4 is 16.0 Å². The normalized spacial score (nSPS) is 10.9. The first kappa shape index (κ1) is 15.1. The molecule has 112 valence electrons. The minimum atomic E-state index is 0.0146. The van der Waals surface area contributed by atoms with Crippen LogP contribution in [0.25, 0.3) is 10.9 Å². The van der Waals surface area contributed by atoms with Crippen molar-refractivity contribution in [3.63, 3.8) is 0 Å². The highest BCUT2D eigenvalue weighted by molar-refractivity contribution is 5.99. The fraction of sp³-hybridized carbons (Fsp3) is 0.375. The topological polar surface area (TPSA) is 71.2 Å². The number of hydrogen-bond donors (Lipinski definition) is 2. The predicted octanol–water partition coefficient (Wildman–Crippen LogP) is 2.17. The van der Waals surface area contributed by atoms with Crippen LogP contribution in [-0.4, -0.2) is 30.0 Å². The van der Waals surface area contributed by atoms with Crippen molar-refractivity contribution in [1.29, 1.82) is 0 Å². The van der Waals surface area contributed by atoms with Gasteiger partial charge >= 0.3 is 0 Å². The van der Waals surface area contributed by atoms with Crippen LogP contribution in [0, 0.1) is 0 Å². The van der Waals surface area contributed by atoms with E-state index in [-0.39, 0.29) is 11.9 Å². The number of nitrogens with one attached hydrogen (secondary N) is 1. The predicted molar refractivity (Wildman–Crippen MR) is 87.3 cm³/mol. The van der Waals surface area contributed by atoms with E-state index in [2.05, 4.69) is 10.3 Å². The Morgan fingerprint density at radius 1 is 1.38 bits per heavy atom. The van der Waals surface area contributed by atoms with E-state index in [1.807, 2.05) is 49.9 Å². The Labute approximate surface area is 125 Å². The van der Waals surface area contributed by atoms with Crippen molar-refractivity contribution < 1.29 is 4.79 Å². The summed E-state index contributed by atoms with van der Waals surface area (Å²) >= 11 is 0. The summed E-state index contributed by atoms with van der Waals surface area (Å²) in [5.74, 6) is 0.0146. The minimum Gasteiger partial charge on any atom is -0.397 e. The van der Waals surface area contributed by atoms with Crippen LogP contribution in [0.5, 0.6) is 0 Å². The van der Waals surface area contributed by atoms with E-state index in [0.717, 1.165) is 23.1 Å². The third-order valence-electron chi connectivity index (χ3n) is 3.29. The molecule has 0 atom stereocenters. The quantitative estimate of drug-likeness (QED) is 0.826. The standard InChI is InChI=1S/C16H22N4O/c1-4-20(10-15(21)19-11(2)3)14-8-9-18-16-12(14)6-5-7-13(16)17/h5-9,11H,4,10,17H2,1-3H3,(H,19,21). The molecular weight excluding hydrogens is 264 g/mol.